The lowest BCUT2D eigenvalue weighted by atomic mass is 10.0. The topological polar surface area (TPSA) is 0 Å². The van der Waals surface area contributed by atoms with Crippen molar-refractivity contribution < 1.29 is 0 Å². The SMILES string of the molecule is C=CC=C(C)CC(C)C. The van der Waals surface area contributed by atoms with Gasteiger partial charge in [-0.2, -0.15) is 0 Å². The van der Waals surface area contributed by atoms with Crippen LogP contribution in [0.15, 0.2) is 24.3 Å². The highest BCUT2D eigenvalue weighted by molar-refractivity contribution is 5.07. The molecule has 0 unspecified atom stereocenters. The van der Waals surface area contributed by atoms with Crippen LogP contribution < -0.4 is 0 Å². The van der Waals surface area contributed by atoms with Crippen LogP contribution in [-0.2, 0) is 0 Å². The first-order chi connectivity index (χ1) is 4.16. The molecule has 0 spiro atoms. The Hall–Kier alpha value is -0.520. The van der Waals surface area contributed by atoms with E-state index in [1.54, 1.807) is 0 Å². The third kappa shape index (κ3) is 5.35. The normalized spacial score (nSPS) is 12.2. The van der Waals surface area contributed by atoms with Gasteiger partial charge in [0, 0.05) is 0 Å². The van der Waals surface area contributed by atoms with Crippen molar-refractivity contribution in [3.63, 3.8) is 0 Å². The molecule has 0 aliphatic heterocycles. The molecule has 9 heavy (non-hydrogen) atoms. The van der Waals surface area contributed by atoms with Crippen molar-refractivity contribution in [3.05, 3.63) is 24.3 Å². The van der Waals surface area contributed by atoms with Gasteiger partial charge in [0.05, 0.1) is 0 Å². The van der Waals surface area contributed by atoms with E-state index in [1.165, 1.54) is 12.0 Å². The summed E-state index contributed by atoms with van der Waals surface area (Å²) in [5.74, 6) is 0.765. The van der Waals surface area contributed by atoms with Crippen molar-refractivity contribution >= 4 is 0 Å². The zero-order valence-corrected chi connectivity index (χ0v) is 6.65. The summed E-state index contributed by atoms with van der Waals surface area (Å²) in [6.07, 6.45) is 5.10. The highest BCUT2D eigenvalue weighted by atomic mass is 14.0. The van der Waals surface area contributed by atoms with Crippen molar-refractivity contribution in [3.8, 4) is 0 Å². The van der Waals surface area contributed by atoms with E-state index < -0.39 is 0 Å². The van der Waals surface area contributed by atoms with E-state index in [9.17, 15) is 0 Å². The molecular formula is C9H16. The first-order valence-corrected chi connectivity index (χ1v) is 3.45. The first-order valence-electron chi connectivity index (χ1n) is 3.45. The Bertz CT molecular complexity index is 107. The Balaban J connectivity index is 3.61. The van der Waals surface area contributed by atoms with Crippen LogP contribution in [0.25, 0.3) is 0 Å². The zero-order valence-electron chi connectivity index (χ0n) is 6.65. The molecule has 0 heterocycles. The maximum atomic E-state index is 3.63. The van der Waals surface area contributed by atoms with Gasteiger partial charge in [-0.05, 0) is 19.3 Å². The fraction of sp³-hybridized carbons (Fsp3) is 0.556. The number of rotatable bonds is 3. The fourth-order valence-electron chi connectivity index (χ4n) is 0.913. The smallest absolute Gasteiger partial charge is 0.0297 e. The van der Waals surface area contributed by atoms with Crippen LogP contribution >= 0.6 is 0 Å². The summed E-state index contributed by atoms with van der Waals surface area (Å²) in [5, 5.41) is 0. The molecule has 0 heteroatoms. The van der Waals surface area contributed by atoms with E-state index in [-0.39, 0.29) is 0 Å². The van der Waals surface area contributed by atoms with Gasteiger partial charge in [0.15, 0.2) is 0 Å². The maximum absolute atomic E-state index is 3.63. The van der Waals surface area contributed by atoms with Crippen molar-refractivity contribution in [1.29, 1.82) is 0 Å². The van der Waals surface area contributed by atoms with Crippen LogP contribution in [-0.4, -0.2) is 0 Å². The van der Waals surface area contributed by atoms with Crippen LogP contribution in [0.5, 0.6) is 0 Å². The molecule has 0 aromatic rings. The summed E-state index contributed by atoms with van der Waals surface area (Å²) < 4.78 is 0. The van der Waals surface area contributed by atoms with Crippen LogP contribution in [0.1, 0.15) is 27.2 Å². The lowest BCUT2D eigenvalue weighted by Gasteiger charge is -2.02. The van der Waals surface area contributed by atoms with E-state index in [1.807, 2.05) is 6.08 Å². The van der Waals surface area contributed by atoms with Crippen molar-refractivity contribution in [2.75, 3.05) is 0 Å². The van der Waals surface area contributed by atoms with E-state index in [0.717, 1.165) is 5.92 Å². The molecule has 0 rings (SSSR count). The Labute approximate surface area is 58.3 Å². The van der Waals surface area contributed by atoms with Gasteiger partial charge in [0.25, 0.3) is 0 Å². The maximum Gasteiger partial charge on any atom is -0.0297 e. The van der Waals surface area contributed by atoms with Crippen LogP contribution in [0, 0.1) is 5.92 Å². The molecule has 0 aliphatic rings. The third-order valence-corrected chi connectivity index (χ3v) is 1.13. The van der Waals surface area contributed by atoms with Crippen molar-refractivity contribution in [1.82, 2.24) is 0 Å². The summed E-state index contributed by atoms with van der Waals surface area (Å²) >= 11 is 0. The highest BCUT2D eigenvalue weighted by Gasteiger charge is 1.92. The van der Waals surface area contributed by atoms with Gasteiger partial charge < -0.3 is 0 Å². The van der Waals surface area contributed by atoms with E-state index in [2.05, 4.69) is 33.4 Å². The predicted molar refractivity (Wildman–Crippen MR) is 43.4 cm³/mol. The monoisotopic (exact) mass is 124 g/mol. The molecule has 0 fully saturated rings. The molecule has 52 valence electrons. The largest absolute Gasteiger partial charge is 0.0991 e. The van der Waals surface area contributed by atoms with E-state index in [4.69, 9.17) is 0 Å². The molecule has 0 bridgehead atoms. The molecule has 0 aliphatic carbocycles. The fourth-order valence-corrected chi connectivity index (χ4v) is 0.913. The molecule has 0 amide bonds. The van der Waals surface area contributed by atoms with Gasteiger partial charge in [0.1, 0.15) is 0 Å². The second-order valence-corrected chi connectivity index (χ2v) is 2.85. The van der Waals surface area contributed by atoms with Gasteiger partial charge in [-0.15, -0.1) is 0 Å². The average molecular weight is 124 g/mol. The Kier molecular flexibility index (Phi) is 4.12. The van der Waals surface area contributed by atoms with E-state index >= 15 is 0 Å². The highest BCUT2D eigenvalue weighted by Crippen LogP contribution is 2.08. The molecule has 0 radical (unpaired) electrons. The molecule has 0 saturated carbocycles. The van der Waals surface area contributed by atoms with Crippen molar-refractivity contribution in [2.45, 2.75) is 27.2 Å². The molecule has 0 aromatic carbocycles. The van der Waals surface area contributed by atoms with Crippen molar-refractivity contribution in [2.24, 2.45) is 5.92 Å². The van der Waals surface area contributed by atoms with Gasteiger partial charge in [-0.25, -0.2) is 0 Å². The van der Waals surface area contributed by atoms with Gasteiger partial charge in [0.2, 0.25) is 0 Å². The molecule has 0 nitrogen and oxygen atoms in total. The minimum Gasteiger partial charge on any atom is -0.0991 e. The Morgan fingerprint density at radius 3 is 2.44 bits per heavy atom. The quantitative estimate of drug-likeness (QED) is 0.507. The van der Waals surface area contributed by atoms with Gasteiger partial charge in [-0.1, -0.05) is 38.2 Å². The molecule has 0 atom stereocenters. The van der Waals surface area contributed by atoms with Crippen LogP contribution in [0.3, 0.4) is 0 Å². The summed E-state index contributed by atoms with van der Waals surface area (Å²) in [5.41, 5.74) is 1.42. The Morgan fingerprint density at radius 2 is 2.11 bits per heavy atom. The minimum atomic E-state index is 0.765. The first kappa shape index (κ1) is 8.48. The lowest BCUT2D eigenvalue weighted by Crippen LogP contribution is -1.86. The lowest BCUT2D eigenvalue weighted by molar-refractivity contribution is 0.642. The number of hydrogen-bond donors (Lipinski definition) is 0. The zero-order chi connectivity index (χ0) is 7.28. The third-order valence-electron chi connectivity index (χ3n) is 1.13. The second-order valence-electron chi connectivity index (χ2n) is 2.85. The van der Waals surface area contributed by atoms with Gasteiger partial charge in [-0.3, -0.25) is 0 Å². The summed E-state index contributed by atoms with van der Waals surface area (Å²) in [7, 11) is 0. The second kappa shape index (κ2) is 4.37. The standard InChI is InChI=1S/C9H16/c1-5-6-9(4)7-8(2)3/h5-6,8H,1,7H2,2-4H3. The summed E-state index contributed by atoms with van der Waals surface area (Å²) in [6.45, 7) is 10.2. The van der Waals surface area contributed by atoms with Crippen LogP contribution in [0.4, 0.5) is 0 Å². The van der Waals surface area contributed by atoms with E-state index in [0.29, 0.717) is 0 Å². The molecule has 0 aromatic heterocycles. The van der Waals surface area contributed by atoms with Crippen LogP contribution in [0.2, 0.25) is 0 Å². The summed E-state index contributed by atoms with van der Waals surface area (Å²) in [6, 6.07) is 0. The number of hydrogen-bond acceptors (Lipinski definition) is 0. The number of allylic oxidation sites excluding steroid dienone is 3. The minimum absolute atomic E-state index is 0.765. The summed E-state index contributed by atoms with van der Waals surface area (Å²) in [4.78, 5) is 0. The average Bonchev–Trinajstić information content (AvgIpc) is 1.63. The molecule has 0 saturated heterocycles. The Morgan fingerprint density at radius 1 is 1.56 bits per heavy atom. The predicted octanol–water partition coefficient (Wildman–Crippen LogP) is 3.16. The molecule has 0 N–H and O–H groups in total. The molecular weight excluding hydrogens is 108 g/mol. The van der Waals surface area contributed by atoms with Gasteiger partial charge >= 0.3 is 0 Å².